The Bertz CT molecular complexity index is 1160. The molecule has 0 atom stereocenters. The number of carbonyl (C=O) groups excluding carboxylic acids is 1. The first-order valence-corrected chi connectivity index (χ1v) is 10.0. The lowest BCUT2D eigenvalue weighted by Crippen LogP contribution is -2.49. The number of hydrogen-bond donors (Lipinski definition) is 1. The molecule has 1 saturated heterocycles. The lowest BCUT2D eigenvalue weighted by Gasteiger charge is -2.41. The van der Waals surface area contributed by atoms with E-state index in [4.69, 9.17) is 4.74 Å². The van der Waals surface area contributed by atoms with Gasteiger partial charge in [-0.3, -0.25) is 9.59 Å². The lowest BCUT2D eigenvalue weighted by atomic mass is 9.87. The van der Waals surface area contributed by atoms with Gasteiger partial charge in [0, 0.05) is 37.6 Å². The molecule has 1 aromatic heterocycles. The van der Waals surface area contributed by atoms with Gasteiger partial charge in [-0.05, 0) is 35.4 Å². The Morgan fingerprint density at radius 2 is 1.80 bits per heavy atom. The highest BCUT2D eigenvalue weighted by molar-refractivity contribution is 5.92. The molecule has 6 heteroatoms. The molecular weight excluding hydrogens is 378 g/mol. The number of fused-ring (bicyclic) bond motifs is 1. The summed E-state index contributed by atoms with van der Waals surface area (Å²) >= 11 is 0. The number of H-pyrrole nitrogens is 1. The number of amides is 1. The Morgan fingerprint density at radius 3 is 2.53 bits per heavy atom. The van der Waals surface area contributed by atoms with Crippen LogP contribution in [0.2, 0.25) is 0 Å². The van der Waals surface area contributed by atoms with Crippen molar-refractivity contribution in [2.45, 2.75) is 18.4 Å². The number of nitrogens with zero attached hydrogens (tertiary/aromatic N) is 2. The molecule has 2 aliphatic rings. The van der Waals surface area contributed by atoms with E-state index in [0.29, 0.717) is 25.9 Å². The van der Waals surface area contributed by atoms with E-state index in [1.807, 2.05) is 24.3 Å². The molecule has 1 amide bonds. The second kappa shape index (κ2) is 7.30. The maximum Gasteiger partial charge on any atom is 0.274 e. The minimum atomic E-state index is -0.392. The number of piperidine rings is 1. The molecule has 0 aliphatic carbocycles. The number of benzene rings is 2. The summed E-state index contributed by atoms with van der Waals surface area (Å²) < 4.78 is 6.41. The van der Waals surface area contributed by atoms with Crippen molar-refractivity contribution < 1.29 is 9.53 Å². The zero-order valence-corrected chi connectivity index (χ0v) is 16.4. The average molecular weight is 399 g/mol. The van der Waals surface area contributed by atoms with Crippen LogP contribution < -0.4 is 10.3 Å². The Balaban J connectivity index is 1.30. The number of rotatable bonds is 2. The van der Waals surface area contributed by atoms with Gasteiger partial charge in [0.2, 0.25) is 0 Å². The Kier molecular flexibility index (Phi) is 4.47. The molecule has 3 aromatic rings. The molecule has 0 saturated carbocycles. The molecule has 30 heavy (non-hydrogen) atoms. The first-order chi connectivity index (χ1) is 14.6. The van der Waals surface area contributed by atoms with Crippen molar-refractivity contribution >= 4 is 12.0 Å². The predicted molar refractivity (Wildman–Crippen MR) is 114 cm³/mol. The Morgan fingerprint density at radius 1 is 1.00 bits per heavy atom. The second-order valence-electron chi connectivity index (χ2n) is 7.72. The molecular formula is C24H21N3O3. The van der Waals surface area contributed by atoms with E-state index in [1.165, 1.54) is 17.7 Å². The Labute approximate surface area is 173 Å². The minimum Gasteiger partial charge on any atom is -0.482 e. The zero-order chi connectivity index (χ0) is 20.6. The van der Waals surface area contributed by atoms with Gasteiger partial charge in [0.25, 0.3) is 11.5 Å². The fourth-order valence-electron chi connectivity index (χ4n) is 4.06. The van der Waals surface area contributed by atoms with Crippen LogP contribution in [0.4, 0.5) is 0 Å². The number of aromatic nitrogens is 2. The van der Waals surface area contributed by atoms with Crippen molar-refractivity contribution in [1.29, 1.82) is 0 Å². The largest absolute Gasteiger partial charge is 0.482 e. The SMILES string of the molecule is O=C(c1ccc(=O)[nH]n1)N1CCC2(C=Cc3cc(-c4ccccc4)ccc3O2)CC1. The third kappa shape index (κ3) is 3.41. The zero-order valence-electron chi connectivity index (χ0n) is 16.4. The molecule has 6 nitrogen and oxygen atoms in total. The monoisotopic (exact) mass is 399 g/mol. The van der Waals surface area contributed by atoms with E-state index in [0.717, 1.165) is 16.9 Å². The van der Waals surface area contributed by atoms with Gasteiger partial charge in [0.05, 0.1) is 0 Å². The second-order valence-corrected chi connectivity index (χ2v) is 7.72. The summed E-state index contributed by atoms with van der Waals surface area (Å²) in [5.41, 5.74) is 2.95. The predicted octanol–water partition coefficient (Wildman–Crippen LogP) is 3.52. The van der Waals surface area contributed by atoms with Gasteiger partial charge in [0.15, 0.2) is 0 Å². The highest BCUT2D eigenvalue weighted by atomic mass is 16.5. The summed E-state index contributed by atoms with van der Waals surface area (Å²) in [5.74, 6) is 0.702. The standard InChI is InChI=1S/C24H21N3O3/c28-22-9-7-20(25-26-22)23(29)27-14-12-24(13-15-27)11-10-19-16-18(6-8-21(19)30-24)17-4-2-1-3-5-17/h1-11,16H,12-15H2,(H,26,28). The summed E-state index contributed by atoms with van der Waals surface area (Å²) in [6.45, 7) is 1.14. The Hall–Kier alpha value is -3.67. The van der Waals surface area contributed by atoms with Gasteiger partial charge in [0.1, 0.15) is 17.0 Å². The first kappa shape index (κ1) is 18.4. The molecule has 150 valence electrons. The van der Waals surface area contributed by atoms with Crippen molar-refractivity contribution in [2.24, 2.45) is 0 Å². The van der Waals surface area contributed by atoms with Crippen LogP contribution in [0.3, 0.4) is 0 Å². The molecule has 0 unspecified atom stereocenters. The van der Waals surface area contributed by atoms with Gasteiger partial charge >= 0.3 is 0 Å². The molecule has 0 radical (unpaired) electrons. The van der Waals surface area contributed by atoms with Crippen molar-refractivity contribution in [1.82, 2.24) is 15.1 Å². The third-order valence-electron chi connectivity index (χ3n) is 5.79. The van der Waals surface area contributed by atoms with Crippen LogP contribution in [-0.4, -0.2) is 39.7 Å². The van der Waals surface area contributed by atoms with Crippen LogP contribution in [0.25, 0.3) is 17.2 Å². The van der Waals surface area contributed by atoms with E-state index in [2.05, 4.69) is 46.6 Å². The van der Waals surface area contributed by atoms with Crippen molar-refractivity contribution in [3.05, 3.63) is 88.4 Å². The van der Waals surface area contributed by atoms with E-state index >= 15 is 0 Å². The number of carbonyl (C=O) groups is 1. The smallest absolute Gasteiger partial charge is 0.274 e. The van der Waals surface area contributed by atoms with Gasteiger partial charge in [-0.15, -0.1) is 0 Å². The molecule has 2 aliphatic heterocycles. The molecule has 5 rings (SSSR count). The fourth-order valence-corrected chi connectivity index (χ4v) is 4.06. The highest BCUT2D eigenvalue weighted by Gasteiger charge is 2.38. The summed E-state index contributed by atoms with van der Waals surface area (Å²) in [5, 5.41) is 6.16. The van der Waals surface area contributed by atoms with Crippen LogP contribution in [0.1, 0.15) is 28.9 Å². The third-order valence-corrected chi connectivity index (χ3v) is 5.79. The summed E-state index contributed by atoms with van der Waals surface area (Å²) in [6.07, 6.45) is 5.67. The molecule has 0 bridgehead atoms. The number of hydrogen-bond acceptors (Lipinski definition) is 4. The maximum absolute atomic E-state index is 12.6. The van der Waals surface area contributed by atoms with E-state index in [9.17, 15) is 9.59 Å². The fraction of sp³-hybridized carbons (Fsp3) is 0.208. The molecule has 1 spiro atoms. The van der Waals surface area contributed by atoms with E-state index < -0.39 is 5.60 Å². The number of nitrogens with one attached hydrogen (secondary N) is 1. The summed E-state index contributed by atoms with van der Waals surface area (Å²) in [7, 11) is 0. The first-order valence-electron chi connectivity index (χ1n) is 10.0. The normalized spacial score (nSPS) is 16.7. The van der Waals surface area contributed by atoms with Gasteiger partial charge in [-0.2, -0.15) is 5.10 Å². The van der Waals surface area contributed by atoms with Crippen molar-refractivity contribution in [2.75, 3.05) is 13.1 Å². The summed E-state index contributed by atoms with van der Waals surface area (Å²) in [6, 6.07) is 19.3. The topological polar surface area (TPSA) is 75.3 Å². The summed E-state index contributed by atoms with van der Waals surface area (Å²) in [4.78, 5) is 25.6. The van der Waals surface area contributed by atoms with Gasteiger partial charge in [-0.25, -0.2) is 5.10 Å². The average Bonchev–Trinajstić information content (AvgIpc) is 2.80. The van der Waals surface area contributed by atoms with Gasteiger partial charge in [-0.1, -0.05) is 42.5 Å². The molecule has 3 heterocycles. The van der Waals surface area contributed by atoms with E-state index in [-0.39, 0.29) is 17.2 Å². The highest BCUT2D eigenvalue weighted by Crippen LogP contribution is 2.38. The van der Waals surface area contributed by atoms with Crippen LogP contribution in [0.15, 0.2) is 71.5 Å². The number of likely N-dealkylation sites (tertiary alicyclic amines) is 1. The van der Waals surface area contributed by atoms with E-state index in [1.54, 1.807) is 4.90 Å². The molecule has 1 fully saturated rings. The van der Waals surface area contributed by atoms with Crippen LogP contribution >= 0.6 is 0 Å². The van der Waals surface area contributed by atoms with Crippen molar-refractivity contribution in [3.63, 3.8) is 0 Å². The van der Waals surface area contributed by atoms with Gasteiger partial charge < -0.3 is 9.64 Å². The lowest BCUT2D eigenvalue weighted by molar-refractivity contribution is 0.0325. The number of ether oxygens (including phenoxy) is 1. The van der Waals surface area contributed by atoms with Crippen LogP contribution in [0.5, 0.6) is 5.75 Å². The van der Waals surface area contributed by atoms with Crippen LogP contribution in [-0.2, 0) is 0 Å². The molecule has 1 N–H and O–H groups in total. The van der Waals surface area contributed by atoms with Crippen molar-refractivity contribution in [3.8, 4) is 16.9 Å². The maximum atomic E-state index is 12.6. The molecule has 2 aromatic carbocycles. The quantitative estimate of drug-likeness (QED) is 0.716. The number of aromatic amines is 1. The minimum absolute atomic E-state index is 0.172. The van der Waals surface area contributed by atoms with Crippen LogP contribution in [0, 0.1) is 0 Å².